The van der Waals surface area contributed by atoms with Crippen molar-refractivity contribution >= 4 is 91.7 Å². The highest BCUT2D eigenvalue weighted by atomic mass is 35.5. The fourth-order valence-electron chi connectivity index (χ4n) is 10.1. The number of rotatable bonds is 17. The predicted molar refractivity (Wildman–Crippen MR) is 373 cm³/mol. The molecule has 4 aromatic heterocycles. The maximum atomic E-state index is 13.4. The van der Waals surface area contributed by atoms with Crippen LogP contribution in [0.15, 0.2) is 170 Å². The summed E-state index contributed by atoms with van der Waals surface area (Å²) >= 11 is 5.58. The van der Waals surface area contributed by atoms with E-state index in [4.69, 9.17) is 31.3 Å². The normalized spacial score (nSPS) is 12.6. The summed E-state index contributed by atoms with van der Waals surface area (Å²) in [4.78, 5) is 63.9. The zero-order chi connectivity index (χ0) is 65.1. The topological polar surface area (TPSA) is 227 Å². The summed E-state index contributed by atoms with van der Waals surface area (Å²) in [5.74, 6) is 2.79. The Morgan fingerprint density at radius 3 is 1.31 bits per heavy atom. The summed E-state index contributed by atoms with van der Waals surface area (Å²) < 4.78 is 15.9. The van der Waals surface area contributed by atoms with E-state index in [9.17, 15) is 19.2 Å². The number of aromatic nitrogens is 6. The number of piperazine rings is 1. The van der Waals surface area contributed by atoms with Crippen molar-refractivity contribution < 1.29 is 28.7 Å². The second-order valence-corrected chi connectivity index (χ2v) is 25.0. The first-order valence-corrected chi connectivity index (χ1v) is 30.9. The Labute approximate surface area is 548 Å². The first-order chi connectivity index (χ1) is 44.1. The fraction of sp³-hybridized carbons (Fsp3) is 0.278. The van der Waals surface area contributed by atoms with Crippen molar-refractivity contribution in [2.24, 2.45) is 0 Å². The van der Waals surface area contributed by atoms with Gasteiger partial charge in [-0.05, 0) is 105 Å². The Kier molecular flexibility index (Phi) is 21.6. The van der Waals surface area contributed by atoms with E-state index in [2.05, 4.69) is 100 Å². The quantitative estimate of drug-likeness (QED) is 0.0468. The molecule has 0 atom stereocenters. The molecular weight excluding hydrogens is 1190 g/mol. The van der Waals surface area contributed by atoms with Crippen LogP contribution in [0.25, 0.3) is 32.9 Å². The van der Waals surface area contributed by atoms with Gasteiger partial charge in [0.05, 0.1) is 40.7 Å². The summed E-state index contributed by atoms with van der Waals surface area (Å²) in [6, 6.07) is 49.1. The summed E-state index contributed by atoms with van der Waals surface area (Å²) in [5, 5.41) is 30.6. The molecule has 0 radical (unpaired) electrons. The number of carbonyl (C=O) groups is 4. The molecule has 6 amide bonds. The number of nitrogens with zero attached hydrogens (tertiary/aromatic N) is 8. The highest BCUT2D eigenvalue weighted by molar-refractivity contribution is 6.29. The number of benzene rings is 6. The van der Waals surface area contributed by atoms with Crippen molar-refractivity contribution in [2.75, 3.05) is 77.6 Å². The first kappa shape index (κ1) is 67.2. The van der Waals surface area contributed by atoms with Gasteiger partial charge in [0.25, 0.3) is 0 Å². The van der Waals surface area contributed by atoms with E-state index in [1.54, 1.807) is 27.8 Å². The number of hydrogen-bond acceptors (Lipinski definition) is 12. The van der Waals surface area contributed by atoms with Gasteiger partial charge in [-0.1, -0.05) is 133 Å². The standard InChI is InChI=1S/C38H44N8O3.C33H33ClN6O3.CH4/c1-26-10-12-28(13-11-26)46-35(23-33(43-46)38(2,3)4)42-37(48)40-31-14-15-32(30-9-7-6-8-29(30)31)49-25-27-16-17-39-34(22-27)41-36(47)24-45-20-18-44(5)19-21-45;1-21-9-11-23(12-10-21)40-30(18-28(39-40)33(2,3)4)38-32(42)36-26-13-14-27(25-8-6-5-7-24(25)26)43-20-22-15-16-35-29(17-22)37-31(41)19-34;/h6-17,22-23H,18-21,24-25H2,1-5H3,(H,39,41,47)(H2,40,42,48);5-18H,19-20H2,1-4H3,(H,35,37,41)(H2,36,38,42);1H4. The van der Waals surface area contributed by atoms with Crippen LogP contribution < -0.4 is 41.4 Å². The third-order valence-corrected chi connectivity index (χ3v) is 15.6. The lowest BCUT2D eigenvalue weighted by Crippen LogP contribution is -2.47. The number of carbonyl (C=O) groups excluding carboxylic acids is 4. The van der Waals surface area contributed by atoms with E-state index < -0.39 is 6.03 Å². The molecule has 0 bridgehead atoms. The maximum absolute atomic E-state index is 13.4. The van der Waals surface area contributed by atoms with Crippen molar-refractivity contribution in [3.8, 4) is 22.9 Å². The lowest BCUT2D eigenvalue weighted by Gasteiger charge is -2.31. The number of aryl methyl sites for hydroxylation is 2. The molecule has 482 valence electrons. The predicted octanol–water partition coefficient (Wildman–Crippen LogP) is 14.5. The molecule has 6 N–H and O–H groups in total. The van der Waals surface area contributed by atoms with Gasteiger partial charge >= 0.3 is 12.1 Å². The van der Waals surface area contributed by atoms with Gasteiger partial charge in [-0.2, -0.15) is 10.2 Å². The van der Waals surface area contributed by atoms with E-state index in [1.807, 2.05) is 166 Å². The van der Waals surface area contributed by atoms with Crippen molar-refractivity contribution in [3.05, 3.63) is 204 Å². The highest BCUT2D eigenvalue weighted by Crippen LogP contribution is 2.35. The summed E-state index contributed by atoms with van der Waals surface area (Å²) in [6.45, 7) is 21.1. The number of likely N-dealkylation sites (N-methyl/N-ethyl adjacent to an activating group) is 1. The first-order valence-electron chi connectivity index (χ1n) is 30.4. The van der Waals surface area contributed by atoms with E-state index in [0.717, 1.165) is 92.7 Å². The average Bonchev–Trinajstić information content (AvgIpc) is 1.80. The molecule has 1 saturated heterocycles. The maximum Gasteiger partial charge on any atom is 0.324 e. The molecule has 20 nitrogen and oxygen atoms in total. The Bertz CT molecular complexity index is 4260. The molecule has 1 aliphatic heterocycles. The number of alkyl halides is 1. The van der Waals surface area contributed by atoms with Crippen molar-refractivity contribution in [2.45, 2.75) is 86.9 Å². The minimum Gasteiger partial charge on any atom is -0.488 e. The highest BCUT2D eigenvalue weighted by Gasteiger charge is 2.25. The summed E-state index contributed by atoms with van der Waals surface area (Å²) in [7, 11) is 2.09. The van der Waals surface area contributed by atoms with E-state index in [1.165, 1.54) is 0 Å². The minimum atomic E-state index is -0.393. The van der Waals surface area contributed by atoms with Gasteiger partial charge in [-0.15, -0.1) is 11.6 Å². The van der Waals surface area contributed by atoms with Gasteiger partial charge in [0.2, 0.25) is 11.8 Å². The number of hydrogen-bond donors (Lipinski definition) is 6. The number of halogens is 1. The van der Waals surface area contributed by atoms with Crippen LogP contribution in [0.2, 0.25) is 0 Å². The van der Waals surface area contributed by atoms with Crippen molar-refractivity contribution in [1.82, 2.24) is 39.3 Å². The van der Waals surface area contributed by atoms with Crippen LogP contribution in [0, 0.1) is 13.8 Å². The molecule has 10 aromatic rings. The second kappa shape index (κ2) is 29.9. The van der Waals surface area contributed by atoms with Crippen LogP contribution in [0.5, 0.6) is 11.5 Å². The number of anilines is 6. The number of nitrogens with one attached hydrogen (secondary N) is 6. The smallest absolute Gasteiger partial charge is 0.324 e. The lowest BCUT2D eigenvalue weighted by atomic mass is 9.92. The molecule has 1 fully saturated rings. The Morgan fingerprint density at radius 1 is 0.495 bits per heavy atom. The van der Waals surface area contributed by atoms with Gasteiger partial charge in [-0.25, -0.2) is 28.9 Å². The van der Waals surface area contributed by atoms with Crippen molar-refractivity contribution in [3.63, 3.8) is 0 Å². The SMILES string of the molecule is C.Cc1ccc(-n2nc(C(C)(C)C)cc2NC(=O)Nc2ccc(OCc3ccnc(NC(=O)CCl)c3)c3ccccc23)cc1.Cc1ccc(-n2nc(C(C)(C)C)cc2NC(=O)Nc2ccc(OCc3ccnc(NC(=O)CN4CCN(C)CC4)c3)c3ccccc23)cc1. The second-order valence-electron chi connectivity index (χ2n) is 24.8. The molecular formula is C72H81ClN14O6. The van der Waals surface area contributed by atoms with E-state index in [-0.39, 0.29) is 55.2 Å². The van der Waals surface area contributed by atoms with Crippen LogP contribution in [-0.4, -0.2) is 109 Å². The Balaban J connectivity index is 0.000000219. The number of amides is 6. The molecule has 6 aromatic carbocycles. The van der Waals surface area contributed by atoms with E-state index in [0.29, 0.717) is 52.7 Å². The van der Waals surface area contributed by atoms with Gasteiger partial charge in [0.1, 0.15) is 53.9 Å². The lowest BCUT2D eigenvalue weighted by molar-refractivity contribution is -0.117. The third kappa shape index (κ3) is 17.7. The van der Waals surface area contributed by atoms with Crippen LogP contribution in [0.1, 0.15) is 82.6 Å². The monoisotopic (exact) mass is 1270 g/mol. The van der Waals surface area contributed by atoms with Crippen molar-refractivity contribution in [1.29, 1.82) is 0 Å². The molecule has 0 aliphatic carbocycles. The van der Waals surface area contributed by atoms with Gasteiger partial charge in [0.15, 0.2) is 0 Å². The molecule has 93 heavy (non-hydrogen) atoms. The molecule has 1 aliphatic rings. The van der Waals surface area contributed by atoms with E-state index >= 15 is 0 Å². The van der Waals surface area contributed by atoms with Gasteiger partial charge < -0.3 is 35.6 Å². The third-order valence-electron chi connectivity index (χ3n) is 15.3. The fourth-order valence-corrected chi connectivity index (χ4v) is 10.2. The molecule has 0 saturated carbocycles. The molecule has 21 heteroatoms. The van der Waals surface area contributed by atoms with Crippen LogP contribution in [0.3, 0.4) is 0 Å². The number of fused-ring (bicyclic) bond motifs is 2. The zero-order valence-corrected chi connectivity index (χ0v) is 54.0. The summed E-state index contributed by atoms with van der Waals surface area (Å²) in [6.07, 6.45) is 3.27. The number of ether oxygens (including phenoxy) is 2. The van der Waals surface area contributed by atoms with Gasteiger partial charge in [0, 0.05) is 83.1 Å². The number of urea groups is 2. The Hall–Kier alpha value is -10.2. The molecule has 5 heterocycles. The average molecular weight is 1270 g/mol. The van der Waals surface area contributed by atoms with Crippen LogP contribution in [-0.2, 0) is 33.6 Å². The molecule has 11 rings (SSSR count). The molecule has 0 unspecified atom stereocenters. The van der Waals surface area contributed by atoms with Gasteiger partial charge in [-0.3, -0.25) is 25.1 Å². The Morgan fingerprint density at radius 2 is 0.903 bits per heavy atom. The number of pyridine rings is 2. The van der Waals surface area contributed by atoms with Crippen LogP contribution >= 0.6 is 11.6 Å². The largest absolute Gasteiger partial charge is 0.488 e. The minimum absolute atomic E-state index is 0. The van der Waals surface area contributed by atoms with Crippen LogP contribution in [0.4, 0.5) is 44.2 Å². The summed E-state index contributed by atoms with van der Waals surface area (Å²) in [5.41, 5.74) is 8.28. The molecule has 0 spiro atoms. The zero-order valence-electron chi connectivity index (χ0n) is 53.2.